The van der Waals surface area contributed by atoms with E-state index in [9.17, 15) is 8.78 Å². The first kappa shape index (κ1) is 24.1. The number of hydrogen-bond acceptors (Lipinski definition) is 3. The Labute approximate surface area is 186 Å². The third kappa shape index (κ3) is 7.26. The van der Waals surface area contributed by atoms with E-state index in [4.69, 9.17) is 14.7 Å². The van der Waals surface area contributed by atoms with E-state index in [0.717, 1.165) is 30.4 Å². The lowest BCUT2D eigenvalue weighted by atomic mass is 9.77. The van der Waals surface area contributed by atoms with Crippen LogP contribution >= 0.6 is 0 Å². The minimum absolute atomic E-state index is 0.292. The Bertz CT molecular complexity index is 694. The first-order valence-corrected chi connectivity index (χ1v) is 12.2. The molecule has 2 aliphatic rings. The maximum absolute atomic E-state index is 13.8. The smallest absolute Gasteiger partial charge is 0.184 e. The summed E-state index contributed by atoms with van der Waals surface area (Å²) in [5.74, 6) is 0.344. The predicted octanol–water partition coefficient (Wildman–Crippen LogP) is 7.45. The molecule has 0 atom stereocenters. The first-order valence-electron chi connectivity index (χ1n) is 12.2. The summed E-state index contributed by atoms with van der Waals surface area (Å²) in [5, 5.41) is 8.79. The molecule has 1 heterocycles. The van der Waals surface area contributed by atoms with Crippen LogP contribution < -0.4 is 0 Å². The largest absolute Gasteiger partial charge is 0.348 e. The SMILES string of the molecule is CCCCCCCC1CCC(CCC2COC(c3cc(F)c(C#N)c(F)c3)OC2)CC1. The van der Waals surface area contributed by atoms with Crippen molar-refractivity contribution < 1.29 is 18.3 Å². The van der Waals surface area contributed by atoms with Gasteiger partial charge in [-0.1, -0.05) is 77.6 Å². The van der Waals surface area contributed by atoms with E-state index in [-0.39, 0.29) is 0 Å². The number of halogens is 2. The van der Waals surface area contributed by atoms with Gasteiger partial charge in [-0.2, -0.15) is 5.26 Å². The molecule has 1 saturated heterocycles. The number of nitrogens with zero attached hydrogens (tertiary/aromatic N) is 1. The van der Waals surface area contributed by atoms with Gasteiger partial charge in [0.1, 0.15) is 23.3 Å². The molecule has 1 aliphatic heterocycles. The van der Waals surface area contributed by atoms with Crippen LogP contribution in [-0.2, 0) is 9.47 Å². The average molecular weight is 434 g/mol. The van der Waals surface area contributed by atoms with Crippen LogP contribution in [0.2, 0.25) is 0 Å². The Morgan fingerprint density at radius 3 is 1.97 bits per heavy atom. The van der Waals surface area contributed by atoms with Crippen LogP contribution in [0, 0.1) is 40.7 Å². The van der Waals surface area contributed by atoms with Gasteiger partial charge in [-0.3, -0.25) is 0 Å². The highest BCUT2D eigenvalue weighted by Crippen LogP contribution is 2.36. The van der Waals surface area contributed by atoms with Crippen LogP contribution in [0.5, 0.6) is 0 Å². The molecule has 172 valence electrons. The number of nitriles is 1. The van der Waals surface area contributed by atoms with Gasteiger partial charge in [0.05, 0.1) is 13.2 Å². The maximum atomic E-state index is 13.8. The topological polar surface area (TPSA) is 42.2 Å². The molecule has 31 heavy (non-hydrogen) atoms. The normalized spacial score (nSPS) is 26.5. The summed E-state index contributed by atoms with van der Waals surface area (Å²) in [5.41, 5.74) is -0.274. The molecule has 1 aliphatic carbocycles. The number of rotatable bonds is 10. The van der Waals surface area contributed by atoms with Crippen molar-refractivity contribution in [3.63, 3.8) is 0 Å². The van der Waals surface area contributed by atoms with Crippen molar-refractivity contribution in [3.05, 3.63) is 34.9 Å². The van der Waals surface area contributed by atoms with Crippen molar-refractivity contribution in [1.82, 2.24) is 0 Å². The summed E-state index contributed by atoms with van der Waals surface area (Å²) in [6, 6.07) is 3.80. The van der Waals surface area contributed by atoms with Gasteiger partial charge in [0.25, 0.3) is 0 Å². The number of hydrogen-bond donors (Lipinski definition) is 0. The molecule has 1 aromatic carbocycles. The lowest BCUT2D eigenvalue weighted by Crippen LogP contribution is -2.28. The third-order valence-corrected chi connectivity index (χ3v) is 7.08. The Balaban J connectivity index is 1.32. The molecular weight excluding hydrogens is 396 g/mol. The van der Waals surface area contributed by atoms with E-state index in [0.29, 0.717) is 24.7 Å². The zero-order chi connectivity index (χ0) is 22.1. The van der Waals surface area contributed by atoms with Gasteiger partial charge in [0.15, 0.2) is 6.29 Å². The van der Waals surface area contributed by atoms with Crippen LogP contribution in [0.25, 0.3) is 0 Å². The number of ether oxygens (including phenoxy) is 2. The van der Waals surface area contributed by atoms with E-state index in [1.165, 1.54) is 76.7 Å². The molecular formula is C26H37F2NO2. The quantitative estimate of drug-likeness (QED) is 0.360. The van der Waals surface area contributed by atoms with Gasteiger partial charge in [-0.15, -0.1) is 0 Å². The van der Waals surface area contributed by atoms with Crippen molar-refractivity contribution in [2.45, 2.75) is 90.3 Å². The molecule has 5 heteroatoms. The highest BCUT2D eigenvalue weighted by molar-refractivity contribution is 5.35. The fourth-order valence-corrected chi connectivity index (χ4v) is 5.05. The van der Waals surface area contributed by atoms with Crippen LogP contribution in [-0.4, -0.2) is 13.2 Å². The Hall–Kier alpha value is -1.51. The van der Waals surface area contributed by atoms with Crippen LogP contribution in [0.15, 0.2) is 12.1 Å². The third-order valence-electron chi connectivity index (χ3n) is 7.08. The van der Waals surface area contributed by atoms with Crippen molar-refractivity contribution in [1.29, 1.82) is 5.26 Å². The fourth-order valence-electron chi connectivity index (χ4n) is 5.05. The number of unbranched alkanes of at least 4 members (excludes halogenated alkanes) is 4. The molecule has 3 rings (SSSR count). The summed E-state index contributed by atoms with van der Waals surface area (Å²) >= 11 is 0. The monoisotopic (exact) mass is 433 g/mol. The standard InChI is InChI=1S/C26H37F2NO2/c1-2-3-4-5-6-7-19-8-10-20(11-9-19)12-13-21-17-30-26(31-18-21)22-14-24(27)23(16-29)25(28)15-22/h14-15,19-21,26H,2-13,17-18H2,1H3. The molecule has 1 saturated carbocycles. The van der Waals surface area contributed by atoms with Gasteiger partial charge in [0, 0.05) is 11.5 Å². The number of benzene rings is 1. The highest BCUT2D eigenvalue weighted by atomic mass is 19.1. The predicted molar refractivity (Wildman–Crippen MR) is 117 cm³/mol. The molecule has 0 N–H and O–H groups in total. The Morgan fingerprint density at radius 1 is 0.839 bits per heavy atom. The zero-order valence-electron chi connectivity index (χ0n) is 18.9. The van der Waals surface area contributed by atoms with E-state index in [2.05, 4.69) is 6.92 Å². The van der Waals surface area contributed by atoms with E-state index in [1.54, 1.807) is 0 Å². The summed E-state index contributed by atoms with van der Waals surface area (Å²) in [6.07, 6.45) is 15.3. The minimum atomic E-state index is -0.872. The molecule has 0 unspecified atom stereocenters. The van der Waals surface area contributed by atoms with Gasteiger partial charge in [-0.05, 0) is 30.4 Å². The van der Waals surface area contributed by atoms with E-state index in [1.807, 2.05) is 0 Å². The Morgan fingerprint density at radius 2 is 1.39 bits per heavy atom. The first-order chi connectivity index (χ1) is 15.1. The minimum Gasteiger partial charge on any atom is -0.348 e. The molecule has 3 nitrogen and oxygen atoms in total. The maximum Gasteiger partial charge on any atom is 0.184 e. The second-order valence-corrected chi connectivity index (χ2v) is 9.50. The molecule has 1 aromatic rings. The van der Waals surface area contributed by atoms with Gasteiger partial charge < -0.3 is 9.47 Å². The second kappa shape index (κ2) is 12.5. The zero-order valence-corrected chi connectivity index (χ0v) is 18.9. The summed E-state index contributed by atoms with van der Waals surface area (Å²) in [4.78, 5) is 0. The highest BCUT2D eigenvalue weighted by Gasteiger charge is 2.27. The molecule has 0 amide bonds. The Kier molecular flexibility index (Phi) is 9.74. The van der Waals surface area contributed by atoms with Crippen molar-refractivity contribution in [2.75, 3.05) is 13.2 Å². The van der Waals surface area contributed by atoms with Crippen molar-refractivity contribution in [2.24, 2.45) is 17.8 Å². The summed E-state index contributed by atoms with van der Waals surface area (Å²) < 4.78 is 39.2. The van der Waals surface area contributed by atoms with E-state index >= 15 is 0 Å². The lowest BCUT2D eigenvalue weighted by Gasteiger charge is -2.32. The van der Waals surface area contributed by atoms with Crippen LogP contribution in [0.3, 0.4) is 0 Å². The van der Waals surface area contributed by atoms with Gasteiger partial charge >= 0.3 is 0 Å². The molecule has 0 aromatic heterocycles. The molecule has 0 radical (unpaired) electrons. The average Bonchev–Trinajstić information content (AvgIpc) is 2.78. The van der Waals surface area contributed by atoms with Gasteiger partial charge in [-0.25, -0.2) is 8.78 Å². The van der Waals surface area contributed by atoms with Crippen molar-refractivity contribution >= 4 is 0 Å². The molecule has 0 bridgehead atoms. The summed E-state index contributed by atoms with van der Waals surface area (Å²) in [7, 11) is 0. The van der Waals surface area contributed by atoms with Gasteiger partial charge in [0.2, 0.25) is 0 Å². The molecule has 2 fully saturated rings. The second-order valence-electron chi connectivity index (χ2n) is 9.50. The van der Waals surface area contributed by atoms with Crippen molar-refractivity contribution in [3.8, 4) is 6.07 Å². The fraction of sp³-hybridized carbons (Fsp3) is 0.731. The van der Waals surface area contributed by atoms with Crippen LogP contribution in [0.1, 0.15) is 101 Å². The lowest BCUT2D eigenvalue weighted by molar-refractivity contribution is -0.206. The molecule has 0 spiro atoms. The van der Waals surface area contributed by atoms with E-state index < -0.39 is 23.5 Å². The van der Waals surface area contributed by atoms with Crippen LogP contribution in [0.4, 0.5) is 8.78 Å². The summed E-state index contributed by atoms with van der Waals surface area (Å²) in [6.45, 7) is 3.35.